The number of allylic oxidation sites excluding steroid dienone is 2. The molecule has 0 amide bonds. The number of halogens is 4. The number of hydrogen-bond donors (Lipinski definition) is 0. The summed E-state index contributed by atoms with van der Waals surface area (Å²) in [5, 5.41) is -0.340. The van der Waals surface area contributed by atoms with Gasteiger partial charge in [-0.15, -0.1) is 0 Å². The first kappa shape index (κ1) is 11.5. The van der Waals surface area contributed by atoms with Crippen molar-refractivity contribution in [2.45, 2.75) is 19.5 Å². The lowest BCUT2D eigenvalue weighted by molar-refractivity contribution is -0.0936. The van der Waals surface area contributed by atoms with Crippen molar-refractivity contribution in [1.82, 2.24) is 0 Å². The third-order valence-corrected chi connectivity index (χ3v) is 1.55. The van der Waals surface area contributed by atoms with Crippen molar-refractivity contribution in [2.75, 3.05) is 7.05 Å². The van der Waals surface area contributed by atoms with Crippen molar-refractivity contribution in [3.63, 3.8) is 0 Å². The lowest BCUT2D eigenvalue weighted by Crippen LogP contribution is -2.12. The molecule has 0 atom stereocenters. The Morgan fingerprint density at radius 2 is 2.00 bits per heavy atom. The first-order chi connectivity index (χ1) is 5.43. The van der Waals surface area contributed by atoms with Crippen LogP contribution in [0.3, 0.4) is 0 Å². The second-order valence-electron chi connectivity index (χ2n) is 2.07. The van der Waals surface area contributed by atoms with Crippen LogP contribution in [0.1, 0.15) is 13.3 Å². The molecule has 70 valence electrons. The second kappa shape index (κ2) is 4.50. The molecule has 0 spiro atoms. The van der Waals surface area contributed by atoms with Crippen LogP contribution in [0.5, 0.6) is 0 Å². The quantitative estimate of drug-likeness (QED) is 0.606. The molecule has 12 heavy (non-hydrogen) atoms. The van der Waals surface area contributed by atoms with Crippen molar-refractivity contribution in [3.05, 3.63) is 10.6 Å². The zero-order chi connectivity index (χ0) is 9.78. The molecular formula is C7H9ClF3N. The number of aliphatic imine (C=N–C) groups is 1. The summed E-state index contributed by atoms with van der Waals surface area (Å²) >= 11 is 5.34. The molecule has 0 heterocycles. The SMILES string of the molecule is CC/C(=C(/Cl)C=NC)C(F)(F)F. The van der Waals surface area contributed by atoms with Crippen LogP contribution in [0.2, 0.25) is 0 Å². The average Bonchev–Trinajstić information content (AvgIpc) is 1.85. The molecule has 0 aliphatic rings. The normalized spacial score (nSPS) is 15.2. The number of alkyl halides is 3. The van der Waals surface area contributed by atoms with Gasteiger partial charge in [0.2, 0.25) is 0 Å². The van der Waals surface area contributed by atoms with Gasteiger partial charge in [-0.1, -0.05) is 18.5 Å². The number of hydrogen-bond acceptors (Lipinski definition) is 1. The highest BCUT2D eigenvalue weighted by Crippen LogP contribution is 2.31. The van der Waals surface area contributed by atoms with E-state index >= 15 is 0 Å². The van der Waals surface area contributed by atoms with Gasteiger partial charge in [0.1, 0.15) is 0 Å². The monoisotopic (exact) mass is 199 g/mol. The topological polar surface area (TPSA) is 12.4 Å². The zero-order valence-corrected chi connectivity index (χ0v) is 7.50. The standard InChI is InChI=1S/C7H9ClF3N/c1-3-5(7(9,10)11)6(8)4-12-2/h4H,3H2,1-2H3/b6-5-,12-4?. The van der Waals surface area contributed by atoms with E-state index in [4.69, 9.17) is 11.6 Å². The minimum atomic E-state index is -4.35. The van der Waals surface area contributed by atoms with Crippen molar-refractivity contribution in [1.29, 1.82) is 0 Å². The molecule has 0 saturated carbocycles. The molecule has 0 bridgehead atoms. The summed E-state index contributed by atoms with van der Waals surface area (Å²) in [5.41, 5.74) is -0.741. The summed E-state index contributed by atoms with van der Waals surface area (Å²) in [4.78, 5) is 3.40. The molecule has 0 aromatic heterocycles. The van der Waals surface area contributed by atoms with Gasteiger partial charge < -0.3 is 0 Å². The van der Waals surface area contributed by atoms with Gasteiger partial charge in [0.15, 0.2) is 0 Å². The molecule has 0 aliphatic carbocycles. The Bertz CT molecular complexity index is 205. The van der Waals surface area contributed by atoms with Crippen LogP contribution >= 0.6 is 11.6 Å². The van der Waals surface area contributed by atoms with Gasteiger partial charge in [-0.3, -0.25) is 4.99 Å². The molecule has 0 fully saturated rings. The van der Waals surface area contributed by atoms with Gasteiger partial charge in [0.25, 0.3) is 0 Å². The van der Waals surface area contributed by atoms with E-state index in [1.807, 2.05) is 0 Å². The van der Waals surface area contributed by atoms with Gasteiger partial charge in [-0.05, 0) is 6.42 Å². The van der Waals surface area contributed by atoms with Crippen molar-refractivity contribution in [3.8, 4) is 0 Å². The molecule has 0 aromatic carbocycles. The smallest absolute Gasteiger partial charge is 0.295 e. The molecule has 0 rings (SSSR count). The minimum Gasteiger partial charge on any atom is -0.295 e. The van der Waals surface area contributed by atoms with E-state index < -0.39 is 11.7 Å². The molecular weight excluding hydrogens is 191 g/mol. The van der Waals surface area contributed by atoms with Crippen molar-refractivity contribution < 1.29 is 13.2 Å². The maximum Gasteiger partial charge on any atom is 0.414 e. The Morgan fingerprint density at radius 1 is 1.50 bits per heavy atom. The van der Waals surface area contributed by atoms with E-state index in [2.05, 4.69) is 4.99 Å². The van der Waals surface area contributed by atoms with Crippen LogP contribution in [-0.2, 0) is 0 Å². The van der Waals surface area contributed by atoms with Gasteiger partial charge in [-0.25, -0.2) is 0 Å². The summed E-state index contributed by atoms with van der Waals surface area (Å²) in [6.07, 6.45) is -3.50. The molecule has 0 unspecified atom stereocenters. The molecule has 0 saturated heterocycles. The largest absolute Gasteiger partial charge is 0.414 e. The van der Waals surface area contributed by atoms with E-state index in [1.54, 1.807) is 0 Å². The Hall–Kier alpha value is -0.510. The maximum atomic E-state index is 12.1. The highest BCUT2D eigenvalue weighted by atomic mass is 35.5. The highest BCUT2D eigenvalue weighted by Gasteiger charge is 2.34. The summed E-state index contributed by atoms with van der Waals surface area (Å²) in [5.74, 6) is 0. The van der Waals surface area contributed by atoms with Crippen LogP contribution in [-0.4, -0.2) is 19.4 Å². The van der Waals surface area contributed by atoms with E-state index in [9.17, 15) is 13.2 Å². The molecule has 0 aliphatic heterocycles. The van der Waals surface area contributed by atoms with E-state index in [1.165, 1.54) is 14.0 Å². The van der Waals surface area contributed by atoms with E-state index in [0.29, 0.717) is 0 Å². The predicted molar refractivity (Wildman–Crippen MR) is 43.6 cm³/mol. The summed E-state index contributed by atoms with van der Waals surface area (Å²) in [6, 6.07) is 0. The molecule has 0 N–H and O–H groups in total. The molecule has 5 heteroatoms. The Morgan fingerprint density at radius 3 is 2.25 bits per heavy atom. The molecule has 0 radical (unpaired) electrons. The van der Waals surface area contributed by atoms with Crippen LogP contribution < -0.4 is 0 Å². The van der Waals surface area contributed by atoms with Gasteiger partial charge in [0.05, 0.1) is 10.6 Å². The molecule has 1 nitrogen and oxygen atoms in total. The average molecular weight is 200 g/mol. The van der Waals surface area contributed by atoms with Gasteiger partial charge >= 0.3 is 6.18 Å². The van der Waals surface area contributed by atoms with Gasteiger partial charge in [0, 0.05) is 13.3 Å². The Kier molecular flexibility index (Phi) is 4.31. The zero-order valence-electron chi connectivity index (χ0n) is 6.74. The van der Waals surface area contributed by atoms with E-state index in [-0.39, 0.29) is 11.5 Å². The van der Waals surface area contributed by atoms with Crippen LogP contribution in [0, 0.1) is 0 Å². The third-order valence-electron chi connectivity index (χ3n) is 1.23. The van der Waals surface area contributed by atoms with Gasteiger partial charge in [-0.2, -0.15) is 13.2 Å². The maximum absolute atomic E-state index is 12.1. The van der Waals surface area contributed by atoms with E-state index in [0.717, 1.165) is 6.21 Å². The summed E-state index contributed by atoms with van der Waals surface area (Å²) in [6.45, 7) is 1.40. The second-order valence-corrected chi connectivity index (χ2v) is 2.47. The summed E-state index contributed by atoms with van der Waals surface area (Å²) < 4.78 is 36.3. The van der Waals surface area contributed by atoms with Crippen LogP contribution in [0.25, 0.3) is 0 Å². The van der Waals surface area contributed by atoms with Crippen LogP contribution in [0.15, 0.2) is 15.6 Å². The Labute approximate surface area is 73.9 Å². The first-order valence-corrected chi connectivity index (χ1v) is 3.69. The lowest BCUT2D eigenvalue weighted by Gasteiger charge is -2.09. The fraction of sp³-hybridized carbons (Fsp3) is 0.571. The first-order valence-electron chi connectivity index (χ1n) is 3.31. The number of rotatable bonds is 2. The van der Waals surface area contributed by atoms with Crippen molar-refractivity contribution >= 4 is 17.8 Å². The highest BCUT2D eigenvalue weighted by molar-refractivity contribution is 6.39. The Balaban J connectivity index is 4.86. The molecule has 0 aromatic rings. The van der Waals surface area contributed by atoms with Crippen LogP contribution in [0.4, 0.5) is 13.2 Å². The fourth-order valence-corrected chi connectivity index (χ4v) is 1.03. The number of nitrogens with zero attached hydrogens (tertiary/aromatic N) is 1. The summed E-state index contributed by atoms with van der Waals surface area (Å²) in [7, 11) is 1.37. The third kappa shape index (κ3) is 3.26. The minimum absolute atomic E-state index is 0.144. The predicted octanol–water partition coefficient (Wildman–Crippen LogP) is 3.15. The lowest BCUT2D eigenvalue weighted by atomic mass is 10.2. The van der Waals surface area contributed by atoms with Crippen molar-refractivity contribution in [2.24, 2.45) is 4.99 Å². The fourth-order valence-electron chi connectivity index (χ4n) is 0.696.